The summed E-state index contributed by atoms with van der Waals surface area (Å²) < 4.78 is 1.14. The first kappa shape index (κ1) is 18.5. The van der Waals surface area contributed by atoms with Gasteiger partial charge >= 0.3 is 0 Å². The lowest BCUT2D eigenvalue weighted by Crippen LogP contribution is -2.32. The predicted molar refractivity (Wildman–Crippen MR) is 94.9 cm³/mol. The summed E-state index contributed by atoms with van der Waals surface area (Å²) in [5, 5.41) is 12.5. The van der Waals surface area contributed by atoms with E-state index in [9.17, 15) is 0 Å². The minimum Gasteiger partial charge on any atom is -0.396 e. The molecule has 0 atom stereocenters. The van der Waals surface area contributed by atoms with Crippen molar-refractivity contribution in [2.45, 2.75) is 46.7 Å². The fourth-order valence-electron chi connectivity index (χ4n) is 2.28. The molecule has 2 N–H and O–H groups in total. The van der Waals surface area contributed by atoms with Crippen molar-refractivity contribution in [3.8, 4) is 0 Å². The van der Waals surface area contributed by atoms with Crippen molar-refractivity contribution in [1.29, 1.82) is 0 Å². The van der Waals surface area contributed by atoms with Gasteiger partial charge in [-0.3, -0.25) is 0 Å². The van der Waals surface area contributed by atoms with Gasteiger partial charge in [0.2, 0.25) is 0 Å². The maximum Gasteiger partial charge on any atom is 0.0447 e. The molecule has 0 bridgehead atoms. The lowest BCUT2D eigenvalue weighted by Gasteiger charge is -2.29. The third-order valence-corrected chi connectivity index (χ3v) is 4.16. The number of nitrogens with one attached hydrogen (secondary N) is 1. The molecule has 0 aromatic heterocycles. The molecule has 0 spiro atoms. The number of aliphatic hydroxyl groups excluding tert-OH is 1. The maximum atomic E-state index is 9.04. The summed E-state index contributed by atoms with van der Waals surface area (Å²) in [4.78, 5) is 2.33. The van der Waals surface area contributed by atoms with Crippen LogP contribution >= 0.6 is 15.9 Å². The summed E-state index contributed by atoms with van der Waals surface area (Å²) in [5.41, 5.74) is 2.49. The second kappa shape index (κ2) is 9.44. The standard InChI is InChI=1S/C17H29BrN2O/c1-13(2)11-19-12-15-6-7-16(10-17(15)18)20(14(3)4)8-5-9-21/h6-7,10,13-14,19,21H,5,8-9,11-12H2,1-4H3. The minimum absolute atomic E-state index is 0.238. The molecule has 120 valence electrons. The van der Waals surface area contributed by atoms with E-state index in [1.807, 2.05) is 0 Å². The minimum atomic E-state index is 0.238. The van der Waals surface area contributed by atoms with Crippen LogP contribution in [0.25, 0.3) is 0 Å². The van der Waals surface area contributed by atoms with E-state index in [1.54, 1.807) is 0 Å². The van der Waals surface area contributed by atoms with Crippen molar-refractivity contribution in [1.82, 2.24) is 5.32 Å². The van der Waals surface area contributed by atoms with Crippen molar-refractivity contribution in [3.05, 3.63) is 28.2 Å². The SMILES string of the molecule is CC(C)CNCc1ccc(N(CCCO)C(C)C)cc1Br. The highest BCUT2D eigenvalue weighted by atomic mass is 79.9. The van der Waals surface area contributed by atoms with Gasteiger partial charge in [0.25, 0.3) is 0 Å². The van der Waals surface area contributed by atoms with Crippen LogP contribution in [0.3, 0.4) is 0 Å². The molecule has 1 aromatic rings. The Kier molecular flexibility index (Phi) is 8.30. The van der Waals surface area contributed by atoms with Crippen LogP contribution in [0.4, 0.5) is 5.69 Å². The highest BCUT2D eigenvalue weighted by molar-refractivity contribution is 9.10. The molecule has 0 heterocycles. The van der Waals surface area contributed by atoms with Crippen LogP contribution < -0.4 is 10.2 Å². The molecular weight excluding hydrogens is 328 g/mol. The van der Waals surface area contributed by atoms with E-state index in [-0.39, 0.29) is 6.61 Å². The van der Waals surface area contributed by atoms with Crippen LogP contribution in [-0.4, -0.2) is 30.8 Å². The normalized spacial score (nSPS) is 11.4. The molecule has 0 saturated carbocycles. The molecule has 1 rings (SSSR count). The second-order valence-corrected chi connectivity index (χ2v) is 7.02. The largest absolute Gasteiger partial charge is 0.396 e. The number of hydrogen-bond donors (Lipinski definition) is 2. The average Bonchev–Trinajstić information content (AvgIpc) is 2.40. The number of aliphatic hydroxyl groups is 1. The molecule has 1 aromatic carbocycles. The van der Waals surface area contributed by atoms with Crippen molar-refractivity contribution in [2.75, 3.05) is 24.6 Å². The number of anilines is 1. The summed E-state index contributed by atoms with van der Waals surface area (Å²) in [6.07, 6.45) is 0.799. The van der Waals surface area contributed by atoms with Gasteiger partial charge in [-0.05, 0) is 50.4 Å². The first-order valence-electron chi connectivity index (χ1n) is 7.82. The Hall–Kier alpha value is -0.580. The Morgan fingerprint density at radius 2 is 1.95 bits per heavy atom. The van der Waals surface area contributed by atoms with Gasteiger partial charge in [-0.15, -0.1) is 0 Å². The van der Waals surface area contributed by atoms with Crippen molar-refractivity contribution >= 4 is 21.6 Å². The van der Waals surface area contributed by atoms with E-state index in [1.165, 1.54) is 11.3 Å². The van der Waals surface area contributed by atoms with Crippen LogP contribution in [0, 0.1) is 5.92 Å². The monoisotopic (exact) mass is 356 g/mol. The highest BCUT2D eigenvalue weighted by Gasteiger charge is 2.11. The number of halogens is 1. The fraction of sp³-hybridized carbons (Fsp3) is 0.647. The summed E-state index contributed by atoms with van der Waals surface area (Å²) in [6, 6.07) is 6.97. The van der Waals surface area contributed by atoms with Crippen molar-refractivity contribution < 1.29 is 5.11 Å². The van der Waals surface area contributed by atoms with E-state index in [0.717, 1.165) is 30.5 Å². The Labute approximate surface area is 137 Å². The van der Waals surface area contributed by atoms with Crippen LogP contribution in [0.15, 0.2) is 22.7 Å². The Bertz CT molecular complexity index is 421. The highest BCUT2D eigenvalue weighted by Crippen LogP contribution is 2.25. The molecule has 21 heavy (non-hydrogen) atoms. The van der Waals surface area contributed by atoms with E-state index in [4.69, 9.17) is 5.11 Å². The second-order valence-electron chi connectivity index (χ2n) is 6.16. The third kappa shape index (κ3) is 6.37. The Morgan fingerprint density at radius 3 is 2.48 bits per heavy atom. The number of nitrogens with zero attached hydrogens (tertiary/aromatic N) is 1. The average molecular weight is 357 g/mol. The predicted octanol–water partition coefficient (Wildman–Crippen LogP) is 3.79. The first-order chi connectivity index (χ1) is 9.95. The number of benzene rings is 1. The maximum absolute atomic E-state index is 9.04. The fourth-order valence-corrected chi connectivity index (χ4v) is 2.79. The van der Waals surface area contributed by atoms with Gasteiger partial charge in [0.1, 0.15) is 0 Å². The van der Waals surface area contributed by atoms with Gasteiger partial charge in [-0.25, -0.2) is 0 Å². The molecule has 0 radical (unpaired) electrons. The van der Waals surface area contributed by atoms with E-state index < -0.39 is 0 Å². The van der Waals surface area contributed by atoms with Crippen LogP contribution in [0.1, 0.15) is 39.7 Å². The van der Waals surface area contributed by atoms with Gasteiger partial charge in [0.15, 0.2) is 0 Å². The smallest absolute Gasteiger partial charge is 0.0447 e. The summed E-state index contributed by atoms with van der Waals surface area (Å²) >= 11 is 3.68. The molecule has 3 nitrogen and oxygen atoms in total. The van der Waals surface area contributed by atoms with Crippen LogP contribution in [-0.2, 0) is 6.54 Å². The van der Waals surface area contributed by atoms with Crippen molar-refractivity contribution in [3.63, 3.8) is 0 Å². The topological polar surface area (TPSA) is 35.5 Å². The Balaban J connectivity index is 2.74. The van der Waals surface area contributed by atoms with Crippen LogP contribution in [0.2, 0.25) is 0 Å². The lowest BCUT2D eigenvalue weighted by atomic mass is 10.1. The Morgan fingerprint density at radius 1 is 1.24 bits per heavy atom. The van der Waals surface area contributed by atoms with Crippen LogP contribution in [0.5, 0.6) is 0 Å². The molecule has 0 fully saturated rings. The molecule has 0 unspecified atom stereocenters. The van der Waals surface area contributed by atoms with Crippen molar-refractivity contribution in [2.24, 2.45) is 5.92 Å². The quantitative estimate of drug-likeness (QED) is 0.706. The zero-order chi connectivity index (χ0) is 15.8. The lowest BCUT2D eigenvalue weighted by molar-refractivity contribution is 0.288. The van der Waals surface area contributed by atoms with E-state index >= 15 is 0 Å². The van der Waals surface area contributed by atoms with Gasteiger partial charge in [0, 0.05) is 35.9 Å². The zero-order valence-electron chi connectivity index (χ0n) is 13.7. The molecule has 0 aliphatic rings. The molecule has 0 aliphatic heterocycles. The summed E-state index contributed by atoms with van der Waals surface area (Å²) in [6.45, 7) is 11.8. The van der Waals surface area contributed by atoms with Gasteiger partial charge in [-0.1, -0.05) is 35.8 Å². The van der Waals surface area contributed by atoms with Gasteiger partial charge in [-0.2, -0.15) is 0 Å². The summed E-state index contributed by atoms with van der Waals surface area (Å²) in [5.74, 6) is 0.665. The van der Waals surface area contributed by atoms with Gasteiger partial charge < -0.3 is 15.3 Å². The molecule has 0 saturated heterocycles. The molecule has 0 aliphatic carbocycles. The third-order valence-electron chi connectivity index (χ3n) is 3.42. The van der Waals surface area contributed by atoms with E-state index in [0.29, 0.717) is 12.0 Å². The molecular formula is C17H29BrN2O. The zero-order valence-corrected chi connectivity index (χ0v) is 15.3. The molecule has 0 amide bonds. The number of rotatable bonds is 9. The summed E-state index contributed by atoms with van der Waals surface area (Å²) in [7, 11) is 0. The molecule has 4 heteroatoms. The number of hydrogen-bond acceptors (Lipinski definition) is 3. The first-order valence-corrected chi connectivity index (χ1v) is 8.61. The van der Waals surface area contributed by atoms with Gasteiger partial charge in [0.05, 0.1) is 0 Å². The van der Waals surface area contributed by atoms with E-state index in [2.05, 4.69) is 72.0 Å².